The summed E-state index contributed by atoms with van der Waals surface area (Å²) in [4.78, 5) is 3.99. The molecule has 0 bridgehead atoms. The summed E-state index contributed by atoms with van der Waals surface area (Å²) in [6.45, 7) is 1.22. The van der Waals surface area contributed by atoms with Gasteiger partial charge in [0.15, 0.2) is 0 Å². The van der Waals surface area contributed by atoms with Gasteiger partial charge in [0.2, 0.25) is 0 Å². The molecular formula is C18H24ClN5O2. The van der Waals surface area contributed by atoms with Gasteiger partial charge in [0.1, 0.15) is 28.9 Å². The number of unbranched alkanes of at least 4 members (excludes halogenated alkanes) is 2. The molecule has 0 aliphatic carbocycles. The fourth-order valence-corrected chi connectivity index (χ4v) is 2.14. The highest BCUT2D eigenvalue weighted by Gasteiger charge is 2.01. The van der Waals surface area contributed by atoms with Crippen LogP contribution in [0, 0.1) is 10.8 Å². The van der Waals surface area contributed by atoms with Crippen LogP contribution in [0.3, 0.4) is 0 Å². The number of halogens is 1. The largest absolute Gasteiger partial charge is 0.494 e. The number of nitrogen functional groups attached to an aromatic ring is 2. The Bertz CT molecular complexity index is 722. The monoisotopic (exact) mass is 377 g/mol. The molecule has 1 aromatic heterocycles. The number of nitrogens with two attached hydrogens (primary N) is 2. The summed E-state index contributed by atoms with van der Waals surface area (Å²) >= 11 is 0. The molecule has 0 saturated carbocycles. The zero-order valence-electron chi connectivity index (χ0n) is 14.4. The van der Waals surface area contributed by atoms with Gasteiger partial charge in [0.25, 0.3) is 0 Å². The first-order chi connectivity index (χ1) is 12.1. The molecule has 0 saturated heterocycles. The second kappa shape index (κ2) is 10.9. The normalized spacial score (nSPS) is 9.85. The second-order valence-corrected chi connectivity index (χ2v) is 5.49. The Morgan fingerprint density at radius 1 is 0.846 bits per heavy atom. The molecule has 140 valence electrons. The molecule has 0 fully saturated rings. The van der Waals surface area contributed by atoms with Crippen LogP contribution < -0.4 is 20.9 Å². The number of rotatable bonds is 10. The lowest BCUT2D eigenvalue weighted by Gasteiger charge is -2.08. The van der Waals surface area contributed by atoms with Crippen LogP contribution in [0.15, 0.2) is 42.6 Å². The van der Waals surface area contributed by atoms with E-state index in [2.05, 4.69) is 4.98 Å². The third kappa shape index (κ3) is 6.98. The molecular weight excluding hydrogens is 354 g/mol. The number of hydrogen-bond donors (Lipinski definition) is 4. The quantitative estimate of drug-likeness (QED) is 0.287. The summed E-state index contributed by atoms with van der Waals surface area (Å²) in [6, 6.07) is 10.6. The number of benzene rings is 1. The van der Waals surface area contributed by atoms with Crippen molar-refractivity contribution in [3.8, 4) is 11.5 Å². The highest BCUT2D eigenvalue weighted by Crippen LogP contribution is 2.13. The summed E-state index contributed by atoms with van der Waals surface area (Å²) in [5, 5.41) is 14.7. The Hall–Kier alpha value is -2.80. The van der Waals surface area contributed by atoms with Crippen LogP contribution in [0.25, 0.3) is 0 Å². The molecule has 6 N–H and O–H groups in total. The average Bonchev–Trinajstić information content (AvgIpc) is 2.61. The zero-order valence-corrected chi connectivity index (χ0v) is 15.2. The number of pyridine rings is 1. The summed E-state index contributed by atoms with van der Waals surface area (Å²) in [5.41, 5.74) is 11.9. The molecule has 0 radical (unpaired) electrons. The van der Waals surface area contributed by atoms with Gasteiger partial charge in [-0.3, -0.25) is 15.8 Å². The number of nitrogens with one attached hydrogen (secondary N) is 2. The van der Waals surface area contributed by atoms with Crippen molar-refractivity contribution in [1.29, 1.82) is 10.8 Å². The van der Waals surface area contributed by atoms with Crippen LogP contribution in [-0.2, 0) is 0 Å². The Balaban J connectivity index is 0.00000338. The summed E-state index contributed by atoms with van der Waals surface area (Å²) in [6.07, 6.45) is 4.39. The van der Waals surface area contributed by atoms with Crippen LogP contribution >= 0.6 is 12.4 Å². The molecule has 1 heterocycles. The molecule has 1 aromatic carbocycles. The Morgan fingerprint density at radius 2 is 1.46 bits per heavy atom. The SMILES string of the molecule is Cl.N=C(N)c1ccc(OCCCCCOc2ccnc(C(=N)N)c2)cc1. The molecule has 8 heteroatoms. The Morgan fingerprint density at radius 3 is 2.04 bits per heavy atom. The van der Waals surface area contributed by atoms with Crippen molar-refractivity contribution in [3.63, 3.8) is 0 Å². The molecule has 2 rings (SSSR count). The van der Waals surface area contributed by atoms with Crippen LogP contribution in [0.1, 0.15) is 30.5 Å². The van der Waals surface area contributed by atoms with Crippen molar-refractivity contribution in [2.45, 2.75) is 19.3 Å². The van der Waals surface area contributed by atoms with Gasteiger partial charge in [-0.15, -0.1) is 12.4 Å². The molecule has 26 heavy (non-hydrogen) atoms. The third-order valence-electron chi connectivity index (χ3n) is 3.50. The van der Waals surface area contributed by atoms with Crippen molar-refractivity contribution in [3.05, 3.63) is 53.9 Å². The smallest absolute Gasteiger partial charge is 0.141 e. The summed E-state index contributed by atoms with van der Waals surface area (Å²) < 4.78 is 11.3. The number of aromatic nitrogens is 1. The molecule has 0 aliphatic rings. The van der Waals surface area contributed by atoms with Crippen molar-refractivity contribution >= 4 is 24.1 Å². The Kier molecular flexibility index (Phi) is 8.94. The van der Waals surface area contributed by atoms with Crippen LogP contribution in [0.2, 0.25) is 0 Å². The number of hydrogen-bond acceptors (Lipinski definition) is 5. The van der Waals surface area contributed by atoms with Gasteiger partial charge in [-0.25, -0.2) is 0 Å². The first kappa shape index (κ1) is 21.2. The molecule has 0 atom stereocenters. The summed E-state index contributed by atoms with van der Waals surface area (Å²) in [7, 11) is 0. The zero-order chi connectivity index (χ0) is 18.1. The second-order valence-electron chi connectivity index (χ2n) is 5.49. The van der Waals surface area contributed by atoms with Crippen LogP contribution in [0.4, 0.5) is 0 Å². The fraction of sp³-hybridized carbons (Fsp3) is 0.278. The summed E-state index contributed by atoms with van der Waals surface area (Å²) in [5.74, 6) is 1.42. The van der Waals surface area contributed by atoms with Gasteiger partial charge in [-0.1, -0.05) is 0 Å². The topological polar surface area (TPSA) is 131 Å². The average molecular weight is 378 g/mol. The molecule has 0 spiro atoms. The van der Waals surface area contributed by atoms with E-state index in [1.165, 1.54) is 0 Å². The van der Waals surface area contributed by atoms with Gasteiger partial charge in [-0.05, 0) is 49.6 Å². The minimum Gasteiger partial charge on any atom is -0.494 e. The van der Waals surface area contributed by atoms with E-state index in [1.54, 1.807) is 30.5 Å². The first-order valence-electron chi connectivity index (χ1n) is 8.07. The molecule has 7 nitrogen and oxygen atoms in total. The van der Waals surface area contributed by atoms with Crippen LogP contribution in [-0.4, -0.2) is 29.9 Å². The van der Waals surface area contributed by atoms with E-state index in [0.717, 1.165) is 25.0 Å². The fourth-order valence-electron chi connectivity index (χ4n) is 2.14. The number of nitrogens with zero attached hydrogens (tertiary/aromatic N) is 1. The highest BCUT2D eigenvalue weighted by molar-refractivity contribution is 5.95. The van der Waals surface area contributed by atoms with Gasteiger partial charge < -0.3 is 20.9 Å². The van der Waals surface area contributed by atoms with Gasteiger partial charge in [-0.2, -0.15) is 0 Å². The maximum atomic E-state index is 7.35. The van der Waals surface area contributed by atoms with Crippen molar-refractivity contribution < 1.29 is 9.47 Å². The van der Waals surface area contributed by atoms with Crippen LogP contribution in [0.5, 0.6) is 11.5 Å². The lowest BCUT2D eigenvalue weighted by Crippen LogP contribution is -2.13. The third-order valence-corrected chi connectivity index (χ3v) is 3.50. The molecule has 0 unspecified atom stereocenters. The van der Waals surface area contributed by atoms with E-state index < -0.39 is 0 Å². The van der Waals surface area contributed by atoms with E-state index in [1.807, 2.05) is 12.1 Å². The Labute approximate surface area is 159 Å². The predicted molar refractivity (Wildman–Crippen MR) is 105 cm³/mol. The molecule has 2 aromatic rings. The van der Waals surface area contributed by atoms with E-state index in [9.17, 15) is 0 Å². The maximum Gasteiger partial charge on any atom is 0.141 e. The molecule has 0 amide bonds. The highest BCUT2D eigenvalue weighted by atomic mass is 35.5. The van der Waals surface area contributed by atoms with Gasteiger partial charge in [0.05, 0.1) is 13.2 Å². The lowest BCUT2D eigenvalue weighted by molar-refractivity contribution is 0.279. The molecule has 0 aliphatic heterocycles. The maximum absolute atomic E-state index is 7.35. The first-order valence-corrected chi connectivity index (χ1v) is 8.07. The standard InChI is InChI=1S/C18H23N5O2.ClH/c19-17(20)13-4-6-14(7-5-13)24-10-2-1-3-11-25-15-8-9-23-16(12-15)18(21)22;/h4-9,12H,1-3,10-11H2,(H3,19,20)(H3,21,22);1H. The lowest BCUT2D eigenvalue weighted by atomic mass is 10.2. The minimum absolute atomic E-state index is 0. The van der Waals surface area contributed by atoms with E-state index in [0.29, 0.717) is 30.2 Å². The van der Waals surface area contributed by atoms with E-state index >= 15 is 0 Å². The van der Waals surface area contributed by atoms with Crippen molar-refractivity contribution in [1.82, 2.24) is 4.98 Å². The van der Waals surface area contributed by atoms with E-state index in [4.69, 9.17) is 31.8 Å². The van der Waals surface area contributed by atoms with Gasteiger partial charge in [0, 0.05) is 17.8 Å². The predicted octanol–water partition coefficient (Wildman–Crippen LogP) is 2.70. The minimum atomic E-state index is -0.0704. The number of ether oxygens (including phenoxy) is 2. The van der Waals surface area contributed by atoms with Crippen molar-refractivity contribution in [2.75, 3.05) is 13.2 Å². The van der Waals surface area contributed by atoms with Crippen molar-refractivity contribution in [2.24, 2.45) is 11.5 Å². The van der Waals surface area contributed by atoms with Gasteiger partial charge >= 0.3 is 0 Å². The van der Waals surface area contributed by atoms with E-state index in [-0.39, 0.29) is 24.1 Å². The number of amidine groups is 2.